The molecular formula is C37H41F3N2O5. The van der Waals surface area contributed by atoms with Gasteiger partial charge in [0.25, 0.3) is 5.91 Å². The molecule has 7 nitrogen and oxygen atoms in total. The zero-order chi connectivity index (χ0) is 33.2. The number of ether oxygens (including phenoxy) is 3. The van der Waals surface area contributed by atoms with Crippen LogP contribution in [-0.4, -0.2) is 66.6 Å². The Morgan fingerprint density at radius 2 is 1.87 bits per heavy atom. The Labute approximate surface area is 273 Å². The minimum atomic E-state index is -4.44. The van der Waals surface area contributed by atoms with Gasteiger partial charge in [0.05, 0.1) is 18.7 Å². The maximum absolute atomic E-state index is 14.0. The van der Waals surface area contributed by atoms with Gasteiger partial charge in [-0.15, -0.1) is 0 Å². The summed E-state index contributed by atoms with van der Waals surface area (Å²) < 4.78 is 57.9. The molecule has 2 saturated carbocycles. The molecule has 250 valence electrons. The number of benzene rings is 2. The van der Waals surface area contributed by atoms with Crippen LogP contribution in [0.1, 0.15) is 75.1 Å². The third kappa shape index (κ3) is 5.54. The van der Waals surface area contributed by atoms with Gasteiger partial charge in [0.2, 0.25) is 0 Å². The van der Waals surface area contributed by atoms with E-state index in [4.69, 9.17) is 14.2 Å². The molecule has 0 N–H and O–H groups in total. The summed E-state index contributed by atoms with van der Waals surface area (Å²) in [4.78, 5) is 30.7. The lowest BCUT2D eigenvalue weighted by Crippen LogP contribution is -2.69. The summed E-state index contributed by atoms with van der Waals surface area (Å²) >= 11 is 0. The first-order valence-corrected chi connectivity index (χ1v) is 16.7. The SMILES string of the molecule is COc1cc(OC(C)=O)c2c3c1O[C@H]1[C@H](N(CC(C)C)C(=O)C#Cc4ccc(C(F)(F)F)cc4)CC[C@H]4[C@@H](C2)N(CC2CC2)CC[C@@]341. The predicted octanol–water partition coefficient (Wildman–Crippen LogP) is 5.99. The highest BCUT2D eigenvalue weighted by molar-refractivity contribution is 5.94. The van der Waals surface area contributed by atoms with E-state index in [-0.39, 0.29) is 36.0 Å². The van der Waals surface area contributed by atoms with Crippen LogP contribution in [-0.2, 0) is 27.6 Å². The molecule has 2 aromatic carbocycles. The van der Waals surface area contributed by atoms with Crippen LogP contribution in [0.4, 0.5) is 13.2 Å². The highest BCUT2D eigenvalue weighted by Crippen LogP contribution is 2.66. The molecular weight excluding hydrogens is 609 g/mol. The van der Waals surface area contributed by atoms with E-state index in [1.807, 2.05) is 4.90 Å². The summed E-state index contributed by atoms with van der Waals surface area (Å²) in [6.07, 6.45) is 1.01. The molecule has 3 fully saturated rings. The quantitative estimate of drug-likeness (QED) is 0.208. The van der Waals surface area contributed by atoms with E-state index in [1.165, 1.54) is 31.9 Å². The van der Waals surface area contributed by atoms with Crippen LogP contribution >= 0.6 is 0 Å². The number of carbonyl (C=O) groups excluding carboxylic acids is 2. The number of amides is 1. The second-order valence-corrected chi connectivity index (χ2v) is 14.3. The minimum Gasteiger partial charge on any atom is -0.493 e. The molecule has 0 unspecified atom stereocenters. The summed E-state index contributed by atoms with van der Waals surface area (Å²) in [6.45, 7) is 7.98. The maximum Gasteiger partial charge on any atom is 0.416 e. The van der Waals surface area contributed by atoms with Gasteiger partial charge in [0.1, 0.15) is 11.9 Å². The number of hydrogen-bond acceptors (Lipinski definition) is 6. The number of hydrogen-bond donors (Lipinski definition) is 0. The molecule has 5 atom stereocenters. The number of halogens is 3. The standard InChI is InChI=1S/C37H41F3N2O5/c1-21(2)19-42(32(44)14-9-23-7-10-25(11-8-23)37(38,39)40)28-13-12-27-29-17-26-30(46-22(3)43)18-31(45-4)34-33(26)36(27,35(28)47-34)15-16-41(29)20-24-5-6-24/h7-8,10-11,18,21,24,27-29,35H,5-6,12-13,15-17,19-20H2,1-4H3/t27-,28+,29+,35-,36-/m0/s1. The van der Waals surface area contributed by atoms with Crippen molar-refractivity contribution in [1.29, 1.82) is 0 Å². The molecule has 1 amide bonds. The normalized spacial score (nSPS) is 27.3. The van der Waals surface area contributed by atoms with Gasteiger partial charge < -0.3 is 19.1 Å². The number of methoxy groups -OCH3 is 1. The molecule has 2 aliphatic heterocycles. The monoisotopic (exact) mass is 650 g/mol. The smallest absolute Gasteiger partial charge is 0.416 e. The Morgan fingerprint density at radius 3 is 2.51 bits per heavy atom. The Kier molecular flexibility index (Phi) is 7.98. The van der Waals surface area contributed by atoms with E-state index in [2.05, 4.69) is 30.6 Å². The Hall–Kier alpha value is -3.71. The largest absolute Gasteiger partial charge is 0.493 e. The fourth-order valence-corrected chi connectivity index (χ4v) is 8.91. The minimum absolute atomic E-state index is 0.144. The zero-order valence-corrected chi connectivity index (χ0v) is 27.3. The van der Waals surface area contributed by atoms with Gasteiger partial charge >= 0.3 is 12.1 Å². The lowest BCUT2D eigenvalue weighted by atomic mass is 9.50. The molecule has 2 bridgehead atoms. The van der Waals surface area contributed by atoms with Gasteiger partial charge in [-0.05, 0) is 87.1 Å². The van der Waals surface area contributed by atoms with E-state index in [1.54, 1.807) is 13.2 Å². The van der Waals surface area contributed by atoms with Crippen molar-refractivity contribution in [1.82, 2.24) is 9.80 Å². The topological polar surface area (TPSA) is 68.3 Å². The number of piperidine rings is 1. The average Bonchev–Trinajstić information content (AvgIpc) is 3.78. The van der Waals surface area contributed by atoms with Crippen LogP contribution in [0.5, 0.6) is 17.2 Å². The van der Waals surface area contributed by atoms with Crippen molar-refractivity contribution < 1.29 is 37.0 Å². The van der Waals surface area contributed by atoms with Gasteiger partial charge in [-0.2, -0.15) is 13.2 Å². The molecule has 0 radical (unpaired) electrons. The number of likely N-dealkylation sites (tertiary alicyclic amines) is 1. The summed E-state index contributed by atoms with van der Waals surface area (Å²) in [5, 5.41) is 0. The van der Waals surface area contributed by atoms with Gasteiger partial charge in [-0.1, -0.05) is 19.8 Å². The lowest BCUT2D eigenvalue weighted by Gasteiger charge is -2.60. The molecule has 0 aromatic heterocycles. The van der Waals surface area contributed by atoms with E-state index < -0.39 is 17.2 Å². The van der Waals surface area contributed by atoms with Crippen molar-refractivity contribution in [2.24, 2.45) is 17.8 Å². The average molecular weight is 651 g/mol. The van der Waals surface area contributed by atoms with Crippen molar-refractivity contribution in [2.45, 2.75) is 89.1 Å². The molecule has 47 heavy (non-hydrogen) atoms. The Balaban J connectivity index is 1.28. The molecule has 2 heterocycles. The Bertz CT molecular complexity index is 1640. The molecule has 2 aromatic rings. The molecule has 1 saturated heterocycles. The predicted molar refractivity (Wildman–Crippen MR) is 168 cm³/mol. The highest BCUT2D eigenvalue weighted by Gasteiger charge is 2.67. The summed E-state index contributed by atoms with van der Waals surface area (Å²) in [6, 6.07) is 6.31. The molecule has 7 rings (SSSR count). The fourth-order valence-electron chi connectivity index (χ4n) is 8.91. The van der Waals surface area contributed by atoms with E-state index in [9.17, 15) is 22.8 Å². The number of nitrogens with zero attached hydrogens (tertiary/aromatic N) is 2. The number of rotatable bonds is 7. The summed E-state index contributed by atoms with van der Waals surface area (Å²) in [7, 11) is 1.59. The van der Waals surface area contributed by atoms with Crippen LogP contribution in [0, 0.1) is 29.6 Å². The van der Waals surface area contributed by atoms with E-state index in [0.29, 0.717) is 35.3 Å². The molecule has 3 aliphatic carbocycles. The van der Waals surface area contributed by atoms with Gasteiger partial charge in [0.15, 0.2) is 11.5 Å². The molecule has 1 spiro atoms. The third-order valence-corrected chi connectivity index (χ3v) is 10.9. The number of carbonyl (C=O) groups is 2. The van der Waals surface area contributed by atoms with Crippen LogP contribution < -0.4 is 14.2 Å². The van der Waals surface area contributed by atoms with Gasteiger partial charge in [-0.25, -0.2) is 0 Å². The zero-order valence-electron chi connectivity index (χ0n) is 27.3. The van der Waals surface area contributed by atoms with Crippen LogP contribution in [0.2, 0.25) is 0 Å². The number of esters is 1. The summed E-state index contributed by atoms with van der Waals surface area (Å²) in [5.74, 6) is 7.71. The second-order valence-electron chi connectivity index (χ2n) is 14.3. The first-order chi connectivity index (χ1) is 22.4. The molecule has 5 aliphatic rings. The van der Waals surface area contributed by atoms with E-state index >= 15 is 0 Å². The first-order valence-electron chi connectivity index (χ1n) is 16.7. The lowest BCUT2D eigenvalue weighted by molar-refractivity contribution is -0.138. The van der Waals surface area contributed by atoms with Crippen molar-refractivity contribution in [3.8, 4) is 29.1 Å². The number of alkyl halides is 3. The van der Waals surface area contributed by atoms with Crippen LogP contribution in [0.15, 0.2) is 30.3 Å². The summed E-state index contributed by atoms with van der Waals surface area (Å²) in [5.41, 5.74) is 1.27. The van der Waals surface area contributed by atoms with E-state index in [0.717, 1.165) is 68.0 Å². The van der Waals surface area contributed by atoms with Crippen molar-refractivity contribution in [2.75, 3.05) is 26.7 Å². The van der Waals surface area contributed by atoms with Crippen LogP contribution in [0.25, 0.3) is 0 Å². The van der Waals surface area contributed by atoms with Gasteiger partial charge in [0, 0.05) is 60.1 Å². The first kappa shape index (κ1) is 31.9. The highest BCUT2D eigenvalue weighted by atomic mass is 19.4. The molecule has 10 heteroatoms. The van der Waals surface area contributed by atoms with Crippen molar-refractivity contribution in [3.05, 3.63) is 52.6 Å². The van der Waals surface area contributed by atoms with Gasteiger partial charge in [-0.3, -0.25) is 14.5 Å². The van der Waals surface area contributed by atoms with Crippen molar-refractivity contribution in [3.63, 3.8) is 0 Å². The third-order valence-electron chi connectivity index (χ3n) is 10.9. The van der Waals surface area contributed by atoms with Crippen LogP contribution in [0.3, 0.4) is 0 Å². The Morgan fingerprint density at radius 1 is 1.13 bits per heavy atom. The van der Waals surface area contributed by atoms with Crippen molar-refractivity contribution >= 4 is 11.9 Å². The maximum atomic E-state index is 14.0. The fraction of sp³-hybridized carbons (Fsp3) is 0.568. The second kappa shape index (κ2) is 11.8.